The van der Waals surface area contributed by atoms with Crippen molar-refractivity contribution in [3.05, 3.63) is 29.8 Å². The van der Waals surface area contributed by atoms with Crippen molar-refractivity contribution in [2.75, 3.05) is 18.3 Å². The van der Waals surface area contributed by atoms with E-state index in [0.717, 1.165) is 12.0 Å². The molecule has 0 N–H and O–H groups in total. The number of benzene rings is 1. The average Bonchev–Trinajstić information content (AvgIpc) is 2.28. The predicted octanol–water partition coefficient (Wildman–Crippen LogP) is 3.41. The molecule has 0 fully saturated rings. The molecule has 0 aliphatic rings. The first kappa shape index (κ1) is 16.3. The van der Waals surface area contributed by atoms with Gasteiger partial charge in [-0.05, 0) is 25.5 Å². The second kappa shape index (κ2) is 6.63. The molecule has 0 atom stereocenters. The summed E-state index contributed by atoms with van der Waals surface area (Å²) in [5, 5.41) is 0. The van der Waals surface area contributed by atoms with Crippen molar-refractivity contribution in [2.24, 2.45) is 0 Å². The van der Waals surface area contributed by atoms with E-state index in [-0.39, 0.29) is 5.75 Å². The van der Waals surface area contributed by atoms with E-state index in [1.807, 2.05) is 38.1 Å². The standard InChI is InChI=1S/C13H22O4S2/c1-5-6-11-19(14,15)17-18(3,4)16-13-9-7-12(2)8-10-13/h7-10H,5-6,11H2,1-4H3. The molecule has 0 aromatic heterocycles. The Kier molecular flexibility index (Phi) is 5.70. The molecule has 1 aromatic rings. The van der Waals surface area contributed by atoms with Gasteiger partial charge in [0.05, 0.1) is 5.75 Å². The molecule has 1 aromatic carbocycles. The van der Waals surface area contributed by atoms with Crippen molar-refractivity contribution in [3.8, 4) is 5.75 Å². The van der Waals surface area contributed by atoms with Crippen LogP contribution in [0.3, 0.4) is 0 Å². The normalized spacial score (nSPS) is 13.3. The fourth-order valence-electron chi connectivity index (χ4n) is 1.44. The lowest BCUT2D eigenvalue weighted by Gasteiger charge is -2.34. The minimum absolute atomic E-state index is 0.0389. The Morgan fingerprint density at radius 2 is 1.68 bits per heavy atom. The van der Waals surface area contributed by atoms with E-state index >= 15 is 0 Å². The van der Waals surface area contributed by atoms with Gasteiger partial charge in [0.2, 0.25) is 0 Å². The second-order valence-corrected chi connectivity index (χ2v) is 9.24. The average molecular weight is 306 g/mol. The van der Waals surface area contributed by atoms with Gasteiger partial charge in [-0.15, -0.1) is 10.6 Å². The minimum atomic E-state index is -3.52. The highest BCUT2D eigenvalue weighted by atomic mass is 32.3. The predicted molar refractivity (Wildman–Crippen MR) is 81.0 cm³/mol. The highest BCUT2D eigenvalue weighted by Crippen LogP contribution is 2.44. The second-order valence-electron chi connectivity index (χ2n) is 4.72. The SMILES string of the molecule is CCCCS(=O)(=O)OS(C)(C)Oc1ccc(C)cc1. The van der Waals surface area contributed by atoms with Crippen LogP contribution < -0.4 is 4.18 Å². The first-order valence-corrected chi connectivity index (χ1v) is 10.0. The zero-order valence-electron chi connectivity index (χ0n) is 11.9. The van der Waals surface area contributed by atoms with E-state index in [0.29, 0.717) is 12.2 Å². The van der Waals surface area contributed by atoms with E-state index < -0.39 is 20.7 Å². The monoisotopic (exact) mass is 306 g/mol. The van der Waals surface area contributed by atoms with Gasteiger partial charge in [0, 0.05) is 12.5 Å². The smallest absolute Gasteiger partial charge is 0.286 e. The molecule has 19 heavy (non-hydrogen) atoms. The molecule has 0 amide bonds. The summed E-state index contributed by atoms with van der Waals surface area (Å²) >= 11 is 0. The minimum Gasteiger partial charge on any atom is -0.391 e. The van der Waals surface area contributed by atoms with Crippen LogP contribution in [0.5, 0.6) is 5.75 Å². The highest BCUT2D eigenvalue weighted by Gasteiger charge is 2.21. The van der Waals surface area contributed by atoms with Crippen molar-refractivity contribution in [1.82, 2.24) is 0 Å². The number of hydrogen-bond acceptors (Lipinski definition) is 4. The van der Waals surface area contributed by atoms with Gasteiger partial charge < -0.3 is 4.18 Å². The van der Waals surface area contributed by atoms with Crippen molar-refractivity contribution >= 4 is 20.7 Å². The highest BCUT2D eigenvalue weighted by molar-refractivity contribution is 8.28. The molecule has 0 unspecified atom stereocenters. The number of hydrogen-bond donors (Lipinski definition) is 0. The molecule has 0 aliphatic heterocycles. The summed E-state index contributed by atoms with van der Waals surface area (Å²) in [5.74, 6) is 0.660. The van der Waals surface area contributed by atoms with Crippen LogP contribution in [0.4, 0.5) is 0 Å². The lowest BCUT2D eigenvalue weighted by atomic mass is 10.2. The van der Waals surface area contributed by atoms with Gasteiger partial charge in [-0.25, -0.2) is 0 Å². The van der Waals surface area contributed by atoms with Crippen molar-refractivity contribution in [3.63, 3.8) is 0 Å². The van der Waals surface area contributed by atoms with E-state index in [2.05, 4.69) is 0 Å². The lowest BCUT2D eigenvalue weighted by Crippen LogP contribution is -2.17. The van der Waals surface area contributed by atoms with Gasteiger partial charge >= 0.3 is 0 Å². The van der Waals surface area contributed by atoms with Crippen molar-refractivity contribution in [1.29, 1.82) is 0 Å². The Morgan fingerprint density at radius 3 is 2.21 bits per heavy atom. The summed E-state index contributed by atoms with van der Waals surface area (Å²) in [6.07, 6.45) is 4.77. The summed E-state index contributed by atoms with van der Waals surface area (Å²) in [6.45, 7) is 3.92. The summed E-state index contributed by atoms with van der Waals surface area (Å²) in [5.41, 5.74) is 1.12. The summed E-state index contributed by atoms with van der Waals surface area (Å²) < 4.78 is 34.4. The maximum Gasteiger partial charge on any atom is 0.286 e. The molecule has 0 aliphatic carbocycles. The van der Waals surface area contributed by atoms with Gasteiger partial charge in [0.1, 0.15) is 0 Å². The molecule has 4 nitrogen and oxygen atoms in total. The zero-order valence-corrected chi connectivity index (χ0v) is 13.5. The molecular formula is C13H22O4S2. The van der Waals surface area contributed by atoms with Crippen LogP contribution in [-0.4, -0.2) is 26.7 Å². The molecule has 0 radical (unpaired) electrons. The molecule has 0 bridgehead atoms. The van der Waals surface area contributed by atoms with Crippen LogP contribution in [0.15, 0.2) is 24.3 Å². The molecule has 0 saturated carbocycles. The van der Waals surface area contributed by atoms with Gasteiger partial charge in [-0.1, -0.05) is 31.0 Å². The van der Waals surface area contributed by atoms with E-state index in [9.17, 15) is 8.42 Å². The first-order valence-electron chi connectivity index (χ1n) is 6.17. The Balaban J connectivity index is 2.68. The van der Waals surface area contributed by atoms with Gasteiger partial charge in [-0.3, -0.25) is 0 Å². The van der Waals surface area contributed by atoms with E-state index in [1.54, 1.807) is 12.5 Å². The third kappa shape index (κ3) is 6.31. The number of aryl methyl sites for hydroxylation is 1. The summed E-state index contributed by atoms with van der Waals surface area (Å²) in [6, 6.07) is 7.45. The third-order valence-corrected chi connectivity index (χ3v) is 5.86. The first-order chi connectivity index (χ1) is 8.74. The lowest BCUT2D eigenvalue weighted by molar-refractivity contribution is 0.471. The quantitative estimate of drug-likeness (QED) is 0.774. The van der Waals surface area contributed by atoms with Crippen LogP contribution in [0.2, 0.25) is 0 Å². The third-order valence-electron chi connectivity index (χ3n) is 2.33. The largest absolute Gasteiger partial charge is 0.391 e. The van der Waals surface area contributed by atoms with E-state index in [4.69, 9.17) is 7.81 Å². The Morgan fingerprint density at radius 1 is 1.11 bits per heavy atom. The van der Waals surface area contributed by atoms with Gasteiger partial charge in [0.25, 0.3) is 10.1 Å². The van der Waals surface area contributed by atoms with Gasteiger partial charge in [0.15, 0.2) is 5.75 Å². The molecular weight excluding hydrogens is 284 g/mol. The van der Waals surface area contributed by atoms with Crippen LogP contribution in [0.1, 0.15) is 25.3 Å². The molecule has 0 spiro atoms. The van der Waals surface area contributed by atoms with E-state index in [1.165, 1.54) is 0 Å². The fourth-order valence-corrected chi connectivity index (χ4v) is 5.04. The number of unbranched alkanes of at least 4 members (excludes halogenated alkanes) is 1. The molecule has 6 heteroatoms. The summed E-state index contributed by atoms with van der Waals surface area (Å²) in [7, 11) is -5.64. The maximum atomic E-state index is 11.8. The van der Waals surface area contributed by atoms with Crippen LogP contribution in [-0.2, 0) is 13.7 Å². The Bertz CT molecular complexity index is 492. The maximum absolute atomic E-state index is 11.8. The summed E-state index contributed by atoms with van der Waals surface area (Å²) in [4.78, 5) is 0. The Hall–Kier alpha value is -0.720. The number of rotatable bonds is 7. The molecule has 0 heterocycles. The van der Waals surface area contributed by atoms with Gasteiger partial charge in [-0.2, -0.15) is 12.0 Å². The van der Waals surface area contributed by atoms with Crippen LogP contribution >= 0.6 is 10.6 Å². The van der Waals surface area contributed by atoms with Crippen LogP contribution in [0, 0.1) is 6.92 Å². The van der Waals surface area contributed by atoms with Crippen LogP contribution in [0.25, 0.3) is 0 Å². The van der Waals surface area contributed by atoms with Crippen molar-refractivity contribution < 1.29 is 16.2 Å². The van der Waals surface area contributed by atoms with Crippen molar-refractivity contribution in [2.45, 2.75) is 26.7 Å². The Labute approximate surface area is 118 Å². The molecule has 0 saturated heterocycles. The molecule has 1 rings (SSSR count). The fraction of sp³-hybridized carbons (Fsp3) is 0.538. The zero-order chi connectivity index (χ0) is 14.5. The molecule has 110 valence electrons. The topological polar surface area (TPSA) is 52.6 Å².